The van der Waals surface area contributed by atoms with Crippen molar-refractivity contribution in [2.24, 2.45) is 5.84 Å². The first-order valence-electron chi connectivity index (χ1n) is 6.87. The van der Waals surface area contributed by atoms with E-state index in [9.17, 15) is 0 Å². The van der Waals surface area contributed by atoms with Crippen molar-refractivity contribution in [3.05, 3.63) is 0 Å². The van der Waals surface area contributed by atoms with Crippen LogP contribution in [0.15, 0.2) is 0 Å². The first kappa shape index (κ1) is 14.9. The van der Waals surface area contributed by atoms with Crippen molar-refractivity contribution < 1.29 is 4.74 Å². The van der Waals surface area contributed by atoms with Gasteiger partial charge in [0.15, 0.2) is 0 Å². The summed E-state index contributed by atoms with van der Waals surface area (Å²) in [6.07, 6.45) is 3.95. The summed E-state index contributed by atoms with van der Waals surface area (Å²) in [5.41, 5.74) is 3.06. The highest BCUT2D eigenvalue weighted by Gasteiger charge is 2.39. The van der Waals surface area contributed by atoms with Gasteiger partial charge in [0.25, 0.3) is 0 Å². The zero-order chi connectivity index (χ0) is 12.9. The van der Waals surface area contributed by atoms with E-state index in [1.165, 1.54) is 25.9 Å². The molecule has 2 atom stereocenters. The van der Waals surface area contributed by atoms with E-state index in [1.54, 1.807) is 0 Å². The third kappa shape index (κ3) is 3.65. The van der Waals surface area contributed by atoms with Crippen LogP contribution in [0.25, 0.3) is 0 Å². The monoisotopic (exact) mass is 243 g/mol. The summed E-state index contributed by atoms with van der Waals surface area (Å²) in [6, 6.07) is 0.188. The summed E-state index contributed by atoms with van der Waals surface area (Å²) >= 11 is 0. The summed E-state index contributed by atoms with van der Waals surface area (Å²) in [7, 11) is 0. The maximum atomic E-state index is 5.73. The van der Waals surface area contributed by atoms with Gasteiger partial charge < -0.3 is 4.74 Å². The van der Waals surface area contributed by atoms with E-state index in [4.69, 9.17) is 10.6 Å². The molecule has 102 valence electrons. The minimum Gasteiger partial charge on any atom is -0.377 e. The van der Waals surface area contributed by atoms with E-state index < -0.39 is 0 Å². The maximum Gasteiger partial charge on any atom is 0.0654 e. The van der Waals surface area contributed by atoms with Gasteiger partial charge in [0, 0.05) is 5.54 Å². The van der Waals surface area contributed by atoms with Gasteiger partial charge in [-0.25, -0.2) is 0 Å². The number of nitrogens with one attached hydrogen (secondary N) is 1. The molecule has 0 aliphatic carbocycles. The average molecular weight is 243 g/mol. The second kappa shape index (κ2) is 6.69. The van der Waals surface area contributed by atoms with Crippen molar-refractivity contribution in [1.82, 2.24) is 10.3 Å². The number of nitrogens with zero attached hydrogens (tertiary/aromatic N) is 1. The fourth-order valence-corrected chi connectivity index (χ4v) is 2.61. The Bertz CT molecular complexity index is 217. The zero-order valence-electron chi connectivity index (χ0n) is 11.8. The van der Waals surface area contributed by atoms with Gasteiger partial charge in [-0.2, -0.15) is 0 Å². The Morgan fingerprint density at radius 2 is 1.94 bits per heavy atom. The van der Waals surface area contributed by atoms with Gasteiger partial charge in [0.1, 0.15) is 0 Å². The lowest BCUT2D eigenvalue weighted by atomic mass is 9.88. The number of hydrazine groups is 1. The minimum atomic E-state index is 0.0974. The quantitative estimate of drug-likeness (QED) is 0.526. The van der Waals surface area contributed by atoms with Crippen LogP contribution in [0.4, 0.5) is 0 Å². The van der Waals surface area contributed by atoms with Crippen molar-refractivity contribution in [3.8, 4) is 0 Å². The van der Waals surface area contributed by atoms with E-state index in [-0.39, 0.29) is 17.7 Å². The zero-order valence-corrected chi connectivity index (χ0v) is 11.8. The highest BCUT2D eigenvalue weighted by atomic mass is 16.5. The fraction of sp³-hybridized carbons (Fsp3) is 1.00. The smallest absolute Gasteiger partial charge is 0.0654 e. The third-order valence-corrected chi connectivity index (χ3v) is 4.09. The highest BCUT2D eigenvalue weighted by Crippen LogP contribution is 2.28. The topological polar surface area (TPSA) is 50.5 Å². The molecule has 0 amide bonds. The maximum absolute atomic E-state index is 5.73. The lowest BCUT2D eigenvalue weighted by molar-refractivity contribution is 0.00245. The van der Waals surface area contributed by atoms with Crippen LogP contribution in [-0.2, 0) is 4.74 Å². The Hall–Kier alpha value is -0.160. The Labute approximate surface area is 106 Å². The van der Waals surface area contributed by atoms with Gasteiger partial charge in [-0.3, -0.25) is 16.2 Å². The number of ether oxygens (including phenoxy) is 1. The van der Waals surface area contributed by atoms with Crippen molar-refractivity contribution in [3.63, 3.8) is 0 Å². The van der Waals surface area contributed by atoms with Crippen LogP contribution in [0.1, 0.15) is 47.0 Å². The van der Waals surface area contributed by atoms with Crippen LogP contribution in [0.5, 0.6) is 0 Å². The SMILES string of the molecule is CCC(C)(C(COC(C)C)NN)N1CCCC1. The molecule has 0 saturated carbocycles. The summed E-state index contributed by atoms with van der Waals surface area (Å²) in [4.78, 5) is 2.56. The molecular formula is C13H29N3O. The van der Waals surface area contributed by atoms with E-state index in [2.05, 4.69) is 38.0 Å². The van der Waals surface area contributed by atoms with Crippen LogP contribution >= 0.6 is 0 Å². The van der Waals surface area contributed by atoms with E-state index in [0.29, 0.717) is 6.61 Å². The van der Waals surface area contributed by atoms with Gasteiger partial charge in [-0.15, -0.1) is 0 Å². The molecule has 17 heavy (non-hydrogen) atoms. The van der Waals surface area contributed by atoms with Crippen molar-refractivity contribution in [2.45, 2.75) is 64.6 Å². The Kier molecular flexibility index (Phi) is 5.86. The van der Waals surface area contributed by atoms with Crippen molar-refractivity contribution in [2.75, 3.05) is 19.7 Å². The van der Waals surface area contributed by atoms with Crippen LogP contribution in [0.3, 0.4) is 0 Å². The molecule has 1 aliphatic rings. The standard InChI is InChI=1S/C13H29N3O/c1-5-13(4,16-8-6-7-9-16)12(15-14)10-17-11(2)3/h11-12,15H,5-10,14H2,1-4H3. The number of rotatable bonds is 7. The number of hydrogen-bond acceptors (Lipinski definition) is 4. The second-order valence-corrected chi connectivity index (χ2v) is 5.51. The number of hydrogen-bond donors (Lipinski definition) is 2. The molecule has 0 aromatic carbocycles. The molecule has 0 aromatic heterocycles. The fourth-order valence-electron chi connectivity index (χ4n) is 2.61. The predicted octanol–water partition coefficient (Wildman–Crippen LogP) is 1.51. The summed E-state index contributed by atoms with van der Waals surface area (Å²) in [6.45, 7) is 11.7. The Morgan fingerprint density at radius 3 is 2.35 bits per heavy atom. The van der Waals surface area contributed by atoms with Crippen LogP contribution in [0.2, 0.25) is 0 Å². The number of nitrogens with two attached hydrogens (primary N) is 1. The van der Waals surface area contributed by atoms with E-state index in [1.807, 2.05) is 0 Å². The molecule has 1 saturated heterocycles. The van der Waals surface area contributed by atoms with Crippen molar-refractivity contribution in [1.29, 1.82) is 0 Å². The largest absolute Gasteiger partial charge is 0.377 e. The lowest BCUT2D eigenvalue weighted by Crippen LogP contribution is -2.62. The molecule has 0 bridgehead atoms. The van der Waals surface area contributed by atoms with Crippen molar-refractivity contribution >= 4 is 0 Å². The van der Waals surface area contributed by atoms with Gasteiger partial charge in [-0.05, 0) is 53.1 Å². The summed E-state index contributed by atoms with van der Waals surface area (Å²) in [5.74, 6) is 5.73. The normalized spacial score (nSPS) is 22.9. The predicted molar refractivity (Wildman–Crippen MR) is 71.7 cm³/mol. The van der Waals surface area contributed by atoms with E-state index >= 15 is 0 Å². The lowest BCUT2D eigenvalue weighted by Gasteiger charge is -2.44. The second-order valence-electron chi connectivity index (χ2n) is 5.51. The first-order valence-corrected chi connectivity index (χ1v) is 6.87. The van der Waals surface area contributed by atoms with Gasteiger partial charge in [0.05, 0.1) is 18.8 Å². The molecule has 0 radical (unpaired) electrons. The van der Waals surface area contributed by atoms with Crippen LogP contribution in [-0.4, -0.2) is 42.3 Å². The molecule has 0 aromatic rings. The molecule has 0 spiro atoms. The minimum absolute atomic E-state index is 0.0974. The highest BCUT2D eigenvalue weighted by molar-refractivity contribution is 4.97. The average Bonchev–Trinajstić information content (AvgIpc) is 2.82. The molecular weight excluding hydrogens is 214 g/mol. The molecule has 1 fully saturated rings. The van der Waals surface area contributed by atoms with Crippen LogP contribution < -0.4 is 11.3 Å². The molecule has 2 unspecified atom stereocenters. The van der Waals surface area contributed by atoms with E-state index in [0.717, 1.165) is 6.42 Å². The molecule has 1 heterocycles. The Morgan fingerprint density at radius 1 is 1.35 bits per heavy atom. The van der Waals surface area contributed by atoms with Gasteiger partial charge in [-0.1, -0.05) is 6.92 Å². The molecule has 4 heteroatoms. The Balaban J connectivity index is 2.66. The molecule has 3 N–H and O–H groups in total. The van der Waals surface area contributed by atoms with Gasteiger partial charge in [0.2, 0.25) is 0 Å². The summed E-state index contributed by atoms with van der Waals surface area (Å²) in [5, 5.41) is 0. The summed E-state index contributed by atoms with van der Waals surface area (Å²) < 4.78 is 5.73. The molecule has 4 nitrogen and oxygen atoms in total. The number of likely N-dealkylation sites (tertiary alicyclic amines) is 1. The molecule has 1 aliphatic heterocycles. The molecule has 1 rings (SSSR count). The van der Waals surface area contributed by atoms with Crippen LogP contribution in [0, 0.1) is 0 Å². The van der Waals surface area contributed by atoms with Gasteiger partial charge >= 0.3 is 0 Å². The first-order chi connectivity index (χ1) is 8.04. The third-order valence-electron chi connectivity index (χ3n) is 4.09.